The minimum atomic E-state index is -0.478. The summed E-state index contributed by atoms with van der Waals surface area (Å²) in [4.78, 5) is 16.6. The average molecular weight is 339 g/mol. The van der Waals surface area contributed by atoms with Crippen molar-refractivity contribution in [2.24, 2.45) is 0 Å². The summed E-state index contributed by atoms with van der Waals surface area (Å²) in [5.74, 6) is -0.478. The lowest BCUT2D eigenvalue weighted by molar-refractivity contribution is 0.0593. The summed E-state index contributed by atoms with van der Waals surface area (Å²) in [5, 5.41) is 0.579. The van der Waals surface area contributed by atoms with Crippen LogP contribution in [0.5, 0.6) is 0 Å². The predicted molar refractivity (Wildman–Crippen MR) is 78.3 cm³/mol. The first kappa shape index (κ1) is 13.9. The number of nitrogens with zero attached hydrogens (tertiary/aromatic N) is 1. The summed E-state index contributed by atoms with van der Waals surface area (Å²) >= 11 is 4.85. The van der Waals surface area contributed by atoms with Crippen molar-refractivity contribution >= 4 is 39.3 Å². The number of nitrogens with two attached hydrogens (primary N) is 1. The normalized spacial score (nSPS) is 10.2. The second-order valence-electron chi connectivity index (χ2n) is 3.61. The summed E-state index contributed by atoms with van der Waals surface area (Å²) in [6.07, 6.45) is 0. The van der Waals surface area contributed by atoms with Crippen LogP contribution in [0.2, 0.25) is 0 Å². The highest BCUT2D eigenvalue weighted by atomic mass is 79.9. The summed E-state index contributed by atoms with van der Waals surface area (Å²) in [5.41, 5.74) is 6.64. The van der Waals surface area contributed by atoms with Crippen molar-refractivity contribution in [1.82, 2.24) is 4.98 Å². The van der Waals surface area contributed by atoms with Gasteiger partial charge in [0.05, 0.1) is 12.8 Å². The summed E-state index contributed by atoms with van der Waals surface area (Å²) in [7, 11) is 1.32. The SMILES string of the molecule is COC(=O)c1ccc(N)c(Sc2ccccc2Br)n1. The van der Waals surface area contributed by atoms with Gasteiger partial charge in [0.1, 0.15) is 10.7 Å². The zero-order chi connectivity index (χ0) is 13.8. The number of pyridine rings is 1. The number of carbonyl (C=O) groups is 1. The molecule has 19 heavy (non-hydrogen) atoms. The second kappa shape index (κ2) is 6.08. The number of carbonyl (C=O) groups excluding carboxylic acids is 1. The van der Waals surface area contributed by atoms with E-state index in [4.69, 9.17) is 5.73 Å². The van der Waals surface area contributed by atoms with Gasteiger partial charge in [0.25, 0.3) is 0 Å². The molecule has 0 fully saturated rings. The Balaban J connectivity index is 2.34. The van der Waals surface area contributed by atoms with Crippen molar-refractivity contribution in [3.05, 3.63) is 46.6 Å². The molecule has 0 spiro atoms. The molecule has 0 unspecified atom stereocenters. The number of nitrogen functional groups attached to an aromatic ring is 1. The van der Waals surface area contributed by atoms with E-state index in [1.54, 1.807) is 12.1 Å². The van der Waals surface area contributed by atoms with Crippen molar-refractivity contribution in [2.75, 3.05) is 12.8 Å². The van der Waals surface area contributed by atoms with Crippen LogP contribution in [-0.4, -0.2) is 18.1 Å². The van der Waals surface area contributed by atoms with Crippen LogP contribution in [0.25, 0.3) is 0 Å². The van der Waals surface area contributed by atoms with Crippen molar-refractivity contribution in [2.45, 2.75) is 9.92 Å². The molecule has 0 saturated heterocycles. The van der Waals surface area contributed by atoms with E-state index in [1.165, 1.54) is 18.9 Å². The minimum absolute atomic E-state index is 0.242. The third-order valence-corrected chi connectivity index (χ3v) is 4.38. The highest BCUT2D eigenvalue weighted by molar-refractivity contribution is 9.10. The fraction of sp³-hybridized carbons (Fsp3) is 0.0769. The Labute approximate surface area is 123 Å². The molecule has 2 aromatic rings. The van der Waals surface area contributed by atoms with Crippen LogP contribution in [0.15, 0.2) is 50.8 Å². The third kappa shape index (κ3) is 3.27. The van der Waals surface area contributed by atoms with Crippen LogP contribution in [0.3, 0.4) is 0 Å². The molecule has 0 bridgehead atoms. The molecule has 1 aromatic heterocycles. The Morgan fingerprint density at radius 1 is 1.32 bits per heavy atom. The molecule has 0 aliphatic heterocycles. The molecule has 0 aliphatic carbocycles. The Morgan fingerprint density at radius 2 is 2.05 bits per heavy atom. The lowest BCUT2D eigenvalue weighted by atomic mass is 10.3. The number of anilines is 1. The molecule has 6 heteroatoms. The Bertz CT molecular complexity index is 619. The molecule has 0 saturated carbocycles. The maximum absolute atomic E-state index is 11.5. The molecule has 0 aliphatic rings. The van der Waals surface area contributed by atoms with E-state index >= 15 is 0 Å². The third-order valence-electron chi connectivity index (χ3n) is 2.33. The van der Waals surface area contributed by atoms with Crippen molar-refractivity contribution in [1.29, 1.82) is 0 Å². The minimum Gasteiger partial charge on any atom is -0.464 e. The average Bonchev–Trinajstić information content (AvgIpc) is 2.42. The quantitative estimate of drug-likeness (QED) is 0.869. The number of aromatic nitrogens is 1. The number of hydrogen-bond acceptors (Lipinski definition) is 5. The first-order chi connectivity index (χ1) is 9.11. The van der Waals surface area contributed by atoms with Gasteiger partial charge in [-0.15, -0.1) is 0 Å². The molecule has 0 amide bonds. The second-order valence-corrected chi connectivity index (χ2v) is 5.50. The summed E-state index contributed by atoms with van der Waals surface area (Å²) < 4.78 is 5.59. The van der Waals surface area contributed by atoms with Crippen LogP contribution in [0, 0.1) is 0 Å². The van der Waals surface area contributed by atoms with Crippen LogP contribution >= 0.6 is 27.7 Å². The standard InChI is InChI=1S/C13H11BrN2O2S/c1-18-13(17)10-7-6-9(15)12(16-10)19-11-5-3-2-4-8(11)14/h2-7H,15H2,1H3. The molecule has 1 aromatic carbocycles. The fourth-order valence-corrected chi connectivity index (χ4v) is 2.76. The van der Waals surface area contributed by atoms with E-state index in [0.717, 1.165) is 9.37 Å². The predicted octanol–water partition coefficient (Wildman–Crippen LogP) is 3.36. The summed E-state index contributed by atoms with van der Waals surface area (Å²) in [6.45, 7) is 0. The van der Waals surface area contributed by atoms with Gasteiger partial charge >= 0.3 is 5.97 Å². The lowest BCUT2D eigenvalue weighted by Crippen LogP contribution is -2.05. The number of ether oxygens (including phenoxy) is 1. The lowest BCUT2D eigenvalue weighted by Gasteiger charge is -2.07. The molecular weight excluding hydrogens is 328 g/mol. The molecule has 98 valence electrons. The van der Waals surface area contributed by atoms with Gasteiger partial charge in [-0.1, -0.05) is 23.9 Å². The molecule has 4 nitrogen and oxygen atoms in total. The van der Waals surface area contributed by atoms with Crippen molar-refractivity contribution < 1.29 is 9.53 Å². The highest BCUT2D eigenvalue weighted by Gasteiger charge is 2.12. The topological polar surface area (TPSA) is 65.2 Å². The number of halogens is 1. The Hall–Kier alpha value is -1.53. The first-order valence-corrected chi connectivity index (χ1v) is 7.00. The largest absolute Gasteiger partial charge is 0.464 e. The van der Waals surface area contributed by atoms with E-state index < -0.39 is 5.97 Å². The number of esters is 1. The van der Waals surface area contributed by atoms with E-state index in [1.807, 2.05) is 24.3 Å². The number of benzene rings is 1. The smallest absolute Gasteiger partial charge is 0.356 e. The van der Waals surface area contributed by atoms with E-state index in [-0.39, 0.29) is 5.69 Å². The van der Waals surface area contributed by atoms with Gasteiger partial charge in [0.2, 0.25) is 0 Å². The van der Waals surface area contributed by atoms with E-state index in [0.29, 0.717) is 10.7 Å². The number of hydrogen-bond donors (Lipinski definition) is 1. The zero-order valence-electron chi connectivity index (χ0n) is 10.1. The van der Waals surface area contributed by atoms with Crippen LogP contribution < -0.4 is 5.73 Å². The van der Waals surface area contributed by atoms with Gasteiger partial charge < -0.3 is 10.5 Å². The number of methoxy groups -OCH3 is 1. The van der Waals surface area contributed by atoms with Gasteiger partial charge in [-0.25, -0.2) is 9.78 Å². The molecular formula is C13H11BrN2O2S. The molecule has 1 heterocycles. The molecule has 0 atom stereocenters. The zero-order valence-corrected chi connectivity index (χ0v) is 12.5. The van der Waals surface area contributed by atoms with Gasteiger partial charge in [-0.05, 0) is 40.2 Å². The van der Waals surface area contributed by atoms with Crippen LogP contribution in [-0.2, 0) is 4.74 Å². The Morgan fingerprint density at radius 3 is 2.74 bits per heavy atom. The Kier molecular flexibility index (Phi) is 4.44. The van der Waals surface area contributed by atoms with Gasteiger partial charge in [0, 0.05) is 9.37 Å². The maximum atomic E-state index is 11.5. The van der Waals surface area contributed by atoms with Gasteiger partial charge in [0.15, 0.2) is 0 Å². The van der Waals surface area contributed by atoms with Crippen LogP contribution in [0.4, 0.5) is 5.69 Å². The monoisotopic (exact) mass is 338 g/mol. The first-order valence-electron chi connectivity index (χ1n) is 5.39. The fourth-order valence-electron chi connectivity index (χ4n) is 1.38. The highest BCUT2D eigenvalue weighted by Crippen LogP contribution is 2.35. The van der Waals surface area contributed by atoms with Crippen molar-refractivity contribution in [3.8, 4) is 0 Å². The number of rotatable bonds is 3. The van der Waals surface area contributed by atoms with Gasteiger partial charge in [-0.2, -0.15) is 0 Å². The van der Waals surface area contributed by atoms with E-state index in [2.05, 4.69) is 25.7 Å². The van der Waals surface area contributed by atoms with Gasteiger partial charge in [-0.3, -0.25) is 0 Å². The maximum Gasteiger partial charge on any atom is 0.356 e. The van der Waals surface area contributed by atoms with Crippen molar-refractivity contribution in [3.63, 3.8) is 0 Å². The molecule has 2 rings (SSSR count). The summed E-state index contributed by atoms with van der Waals surface area (Å²) in [6, 6.07) is 10.9. The van der Waals surface area contributed by atoms with E-state index in [9.17, 15) is 4.79 Å². The van der Waals surface area contributed by atoms with Crippen LogP contribution in [0.1, 0.15) is 10.5 Å². The molecule has 0 radical (unpaired) electrons. The molecule has 2 N–H and O–H groups in total.